The molecule has 44 heavy (non-hydrogen) atoms. The summed E-state index contributed by atoms with van der Waals surface area (Å²) in [5, 5.41) is 12.5. The van der Waals surface area contributed by atoms with Gasteiger partial charge in [0.1, 0.15) is 5.65 Å². The van der Waals surface area contributed by atoms with Crippen LogP contribution in [0.3, 0.4) is 0 Å². The fourth-order valence-corrected chi connectivity index (χ4v) is 6.60. The number of hydrogen-bond acceptors (Lipinski definition) is 6. The lowest BCUT2D eigenvalue weighted by molar-refractivity contribution is 0.166. The highest BCUT2D eigenvalue weighted by atomic mass is 19.1. The van der Waals surface area contributed by atoms with Gasteiger partial charge in [0.05, 0.1) is 58.2 Å². The molecular formula is C31H34FN9O3. The lowest BCUT2D eigenvalue weighted by Gasteiger charge is -2.20. The molecule has 13 heteroatoms. The number of H-pyrrole nitrogens is 1. The summed E-state index contributed by atoms with van der Waals surface area (Å²) in [6, 6.07) is 5.35. The number of carbonyl (C=O) groups is 1. The van der Waals surface area contributed by atoms with Crippen molar-refractivity contribution in [3.05, 3.63) is 53.2 Å². The fourth-order valence-electron chi connectivity index (χ4n) is 6.60. The highest BCUT2D eigenvalue weighted by molar-refractivity contribution is 6.14. The van der Waals surface area contributed by atoms with Gasteiger partial charge in [0, 0.05) is 47.4 Å². The molecule has 1 aromatic carbocycles. The molecule has 0 aliphatic heterocycles. The number of halogens is 1. The summed E-state index contributed by atoms with van der Waals surface area (Å²) in [5.74, 6) is -0.968. The Hall–Kier alpha value is -4.94. The highest BCUT2D eigenvalue weighted by Gasteiger charge is 2.33. The second kappa shape index (κ2) is 9.79. The quantitative estimate of drug-likeness (QED) is 0.293. The largest absolute Gasteiger partial charge is 0.453 e. The van der Waals surface area contributed by atoms with Gasteiger partial charge in [-0.15, -0.1) is 5.10 Å². The molecule has 0 bridgehead atoms. The van der Waals surface area contributed by atoms with Crippen LogP contribution in [0.4, 0.5) is 9.18 Å². The first-order valence-corrected chi connectivity index (χ1v) is 14.4. The zero-order valence-corrected chi connectivity index (χ0v) is 25.0. The molecule has 2 atom stereocenters. The van der Waals surface area contributed by atoms with E-state index in [4.69, 9.17) is 8.85 Å². The van der Waals surface area contributed by atoms with Gasteiger partial charge in [-0.05, 0) is 57.7 Å². The minimum absolute atomic E-state index is 0.0548. The van der Waals surface area contributed by atoms with E-state index in [2.05, 4.69) is 46.3 Å². The van der Waals surface area contributed by atoms with Crippen molar-refractivity contribution in [1.82, 2.24) is 44.0 Å². The van der Waals surface area contributed by atoms with Gasteiger partial charge in [-0.25, -0.2) is 14.6 Å². The zero-order chi connectivity index (χ0) is 33.6. The van der Waals surface area contributed by atoms with Gasteiger partial charge in [-0.3, -0.25) is 18.5 Å². The molecule has 0 spiro atoms. The number of imidazole rings is 1. The molecule has 2 N–H and O–H groups in total. The number of nitrogens with zero attached hydrogens (tertiary/aromatic N) is 7. The van der Waals surface area contributed by atoms with Crippen molar-refractivity contribution >= 4 is 39.1 Å². The minimum atomic E-state index is -2.70. The maximum absolute atomic E-state index is 15.6. The normalized spacial score (nSPS) is 18.6. The Labute approximate surface area is 255 Å². The van der Waals surface area contributed by atoms with Gasteiger partial charge in [0.25, 0.3) is 0 Å². The van der Waals surface area contributed by atoms with Crippen molar-refractivity contribution < 1.29 is 18.0 Å². The molecule has 12 nitrogen and oxygen atoms in total. The van der Waals surface area contributed by atoms with E-state index in [0.717, 1.165) is 17.1 Å². The predicted molar refractivity (Wildman–Crippen MR) is 165 cm³/mol. The van der Waals surface area contributed by atoms with Crippen LogP contribution in [-0.2, 0) is 24.3 Å². The van der Waals surface area contributed by atoms with Crippen molar-refractivity contribution in [1.29, 1.82) is 0 Å². The third kappa shape index (κ3) is 4.20. The monoisotopic (exact) mass is 602 g/mol. The molecule has 5 aromatic heterocycles. The molecule has 1 amide bonds. The molecule has 6 aromatic rings. The van der Waals surface area contributed by atoms with E-state index in [1.807, 2.05) is 22.9 Å². The maximum Gasteiger partial charge on any atom is 0.407 e. The van der Waals surface area contributed by atoms with E-state index in [-0.39, 0.29) is 34.6 Å². The second-order valence-corrected chi connectivity index (χ2v) is 12.4. The van der Waals surface area contributed by atoms with E-state index in [1.54, 1.807) is 24.0 Å². The van der Waals surface area contributed by atoms with E-state index >= 15 is 4.39 Å². The summed E-state index contributed by atoms with van der Waals surface area (Å²) in [4.78, 5) is 33.7. The highest BCUT2D eigenvalue weighted by Crippen LogP contribution is 2.43. The lowest BCUT2D eigenvalue weighted by Crippen LogP contribution is -2.33. The number of aromatic amines is 1. The Kier molecular flexibility index (Phi) is 5.45. The second-order valence-electron chi connectivity index (χ2n) is 12.4. The zero-order valence-electron chi connectivity index (χ0n) is 28.0. The number of nitrogens with one attached hydrogen (secondary N) is 2. The summed E-state index contributed by atoms with van der Waals surface area (Å²) >= 11 is 0. The number of aromatic nitrogens is 8. The molecule has 1 fully saturated rings. The van der Waals surface area contributed by atoms with Crippen LogP contribution in [0.1, 0.15) is 50.2 Å². The van der Waals surface area contributed by atoms with Gasteiger partial charge < -0.3 is 15.0 Å². The van der Waals surface area contributed by atoms with Gasteiger partial charge in [0.2, 0.25) is 5.95 Å². The van der Waals surface area contributed by atoms with Crippen molar-refractivity contribution in [3.8, 4) is 22.4 Å². The Balaban J connectivity index is 1.52. The Morgan fingerprint density at radius 2 is 2.05 bits per heavy atom. The van der Waals surface area contributed by atoms with Crippen LogP contribution in [0.5, 0.6) is 0 Å². The van der Waals surface area contributed by atoms with E-state index in [0.29, 0.717) is 57.1 Å². The van der Waals surface area contributed by atoms with Crippen LogP contribution < -0.4 is 11.0 Å². The van der Waals surface area contributed by atoms with Crippen LogP contribution in [-0.4, -0.2) is 57.9 Å². The number of hydrogen-bond donors (Lipinski definition) is 2. The molecule has 0 unspecified atom stereocenters. The summed E-state index contributed by atoms with van der Waals surface area (Å²) in [5.41, 5.74) is 3.36. The molecule has 1 aliphatic carbocycles. The first-order valence-electron chi connectivity index (χ1n) is 15.9. The van der Waals surface area contributed by atoms with Crippen molar-refractivity contribution in [2.45, 2.75) is 57.7 Å². The van der Waals surface area contributed by atoms with Gasteiger partial charge in [-0.1, -0.05) is 6.07 Å². The maximum atomic E-state index is 15.6. The van der Waals surface area contributed by atoms with Crippen LogP contribution in [0.2, 0.25) is 0 Å². The Morgan fingerprint density at radius 1 is 1.23 bits per heavy atom. The molecule has 0 saturated heterocycles. The third-order valence-corrected chi connectivity index (χ3v) is 8.58. The number of pyridine rings is 1. The number of alkyl carbamates (subject to hydrolysis) is 1. The third-order valence-electron chi connectivity index (χ3n) is 8.58. The molecule has 228 valence electrons. The fraction of sp³-hybridized carbons (Fsp3) is 0.387. The first kappa shape index (κ1) is 24.5. The summed E-state index contributed by atoms with van der Waals surface area (Å²) < 4.78 is 49.6. The lowest BCUT2D eigenvalue weighted by atomic mass is 9.98. The van der Waals surface area contributed by atoms with Crippen LogP contribution >= 0.6 is 0 Å². The molecule has 5 heterocycles. The number of ether oxygens (including phenoxy) is 1. The standard InChI is InChI=1S/C31H34FN9O3/c1-31(2,3)41-21-10-7-16(11-17(21)13-34-41)23-24-26-22(14-33-28(24)36-25(23)20-15-38(4)37-27(20)32)39(5)30(43)40(26)19-9-8-18(12-19)35-29(42)44-6/h7,10-11,13-15,18-19H,8-9,12H2,1-6H3,(H,33,36)(H,35,42)/t18-,19-/m1/s1/i4D3. The predicted octanol–water partition coefficient (Wildman–Crippen LogP) is 4.98. The number of aryl methyl sites for hydroxylation is 2. The van der Waals surface area contributed by atoms with Gasteiger partial charge in [0.15, 0.2) is 0 Å². The number of rotatable bonds is 4. The topological polar surface area (TPSA) is 130 Å². The number of fused-ring (bicyclic) bond motifs is 4. The Bertz CT molecular complexity index is 2270. The first-order chi connectivity index (χ1) is 22.2. The average molecular weight is 603 g/mol. The number of amides is 1. The minimum Gasteiger partial charge on any atom is -0.453 e. The summed E-state index contributed by atoms with van der Waals surface area (Å²) in [6.45, 7) is 3.47. The molecule has 7 rings (SSSR count). The SMILES string of the molecule is [2H]C([2H])([2H])n1cc(-c2[nH]c3ncc4c(c3c2-c2ccc3c(cnn3C(C)(C)C)c2)n([C@@H]2CC[C@@H](NC(=O)OC)C2)c(=O)n4C)c(F)n1. The van der Waals surface area contributed by atoms with Gasteiger partial charge >= 0.3 is 11.8 Å². The molecule has 1 aliphatic rings. The smallest absolute Gasteiger partial charge is 0.407 e. The summed E-state index contributed by atoms with van der Waals surface area (Å²) in [6.07, 6.45) is 5.76. The summed E-state index contributed by atoms with van der Waals surface area (Å²) in [7, 11) is 2.98. The van der Waals surface area contributed by atoms with E-state index in [9.17, 15) is 9.59 Å². The molecule has 1 saturated carbocycles. The van der Waals surface area contributed by atoms with Gasteiger partial charge in [-0.2, -0.15) is 9.49 Å². The van der Waals surface area contributed by atoms with Crippen LogP contribution in [0.25, 0.3) is 55.4 Å². The molecular weight excluding hydrogens is 565 g/mol. The van der Waals surface area contributed by atoms with Crippen LogP contribution in [0, 0.1) is 5.95 Å². The van der Waals surface area contributed by atoms with Crippen molar-refractivity contribution in [3.63, 3.8) is 0 Å². The van der Waals surface area contributed by atoms with Crippen molar-refractivity contribution in [2.24, 2.45) is 14.0 Å². The average Bonchev–Trinajstić information content (AvgIpc) is 3.82. The van der Waals surface area contributed by atoms with Crippen LogP contribution in [0.15, 0.2) is 41.6 Å². The molecule has 0 radical (unpaired) electrons. The van der Waals surface area contributed by atoms with E-state index in [1.165, 1.54) is 11.7 Å². The number of carbonyl (C=O) groups excluding carboxylic acids is 1. The number of benzene rings is 1. The van der Waals surface area contributed by atoms with Crippen molar-refractivity contribution in [2.75, 3.05) is 7.11 Å². The Morgan fingerprint density at radius 3 is 2.77 bits per heavy atom. The van der Waals surface area contributed by atoms with E-state index < -0.39 is 19.0 Å². The number of methoxy groups -OCH3 is 1.